The molecule has 0 spiro atoms. The molecule has 1 amide bonds. The molecule has 1 aromatic rings. The van der Waals surface area contributed by atoms with Gasteiger partial charge in [0.05, 0.1) is 6.54 Å². The van der Waals surface area contributed by atoms with Crippen LogP contribution in [0, 0.1) is 5.41 Å². The van der Waals surface area contributed by atoms with Crippen molar-refractivity contribution in [3.05, 3.63) is 12.2 Å². The van der Waals surface area contributed by atoms with E-state index in [1.54, 1.807) is 10.9 Å². The largest absolute Gasteiger partial charge is 0.480 e. The van der Waals surface area contributed by atoms with Crippen LogP contribution in [0.25, 0.3) is 0 Å². The van der Waals surface area contributed by atoms with Crippen LogP contribution in [-0.2, 0) is 22.7 Å². The van der Waals surface area contributed by atoms with E-state index in [0.29, 0.717) is 25.2 Å². The molecule has 1 aliphatic carbocycles. The highest BCUT2D eigenvalue weighted by Gasteiger charge is 2.56. The number of carbonyl (C=O) groups excluding carboxylic acids is 1. The maximum Gasteiger partial charge on any atom is 0.319 e. The molecule has 2 rings (SSSR count). The SMILES string of the molecule is CCn1cnnc1CNC(=O)C1(C(=O)O)CC1. The van der Waals surface area contributed by atoms with Gasteiger partial charge in [-0.25, -0.2) is 0 Å². The lowest BCUT2D eigenvalue weighted by atomic mass is 10.1. The molecule has 1 heterocycles. The summed E-state index contributed by atoms with van der Waals surface area (Å²) >= 11 is 0. The minimum atomic E-state index is -1.20. The fourth-order valence-electron chi connectivity index (χ4n) is 1.67. The van der Waals surface area contributed by atoms with E-state index in [0.717, 1.165) is 0 Å². The molecular weight excluding hydrogens is 224 g/mol. The van der Waals surface area contributed by atoms with Gasteiger partial charge in [0.2, 0.25) is 5.91 Å². The molecule has 0 aromatic carbocycles. The number of hydrogen-bond donors (Lipinski definition) is 2. The molecule has 7 nitrogen and oxygen atoms in total. The average molecular weight is 238 g/mol. The van der Waals surface area contributed by atoms with Crippen molar-refractivity contribution < 1.29 is 14.7 Å². The van der Waals surface area contributed by atoms with Crippen molar-refractivity contribution in [3.63, 3.8) is 0 Å². The van der Waals surface area contributed by atoms with E-state index < -0.39 is 17.3 Å². The summed E-state index contributed by atoms with van der Waals surface area (Å²) in [5.74, 6) is -0.857. The molecule has 17 heavy (non-hydrogen) atoms. The summed E-state index contributed by atoms with van der Waals surface area (Å²) in [6, 6.07) is 0. The lowest BCUT2D eigenvalue weighted by Crippen LogP contribution is -2.37. The third kappa shape index (κ3) is 2.00. The number of aromatic nitrogens is 3. The van der Waals surface area contributed by atoms with Crippen LogP contribution in [0.1, 0.15) is 25.6 Å². The van der Waals surface area contributed by atoms with E-state index in [1.807, 2.05) is 6.92 Å². The van der Waals surface area contributed by atoms with Gasteiger partial charge in [-0.3, -0.25) is 9.59 Å². The molecule has 0 atom stereocenters. The number of carboxylic acid groups (broad SMARTS) is 1. The molecule has 0 aliphatic heterocycles. The van der Waals surface area contributed by atoms with Crippen LogP contribution >= 0.6 is 0 Å². The van der Waals surface area contributed by atoms with Gasteiger partial charge in [-0.05, 0) is 19.8 Å². The molecule has 1 aromatic heterocycles. The van der Waals surface area contributed by atoms with Crippen molar-refractivity contribution in [1.29, 1.82) is 0 Å². The summed E-state index contributed by atoms with van der Waals surface area (Å²) in [6.07, 6.45) is 2.40. The van der Waals surface area contributed by atoms with Crippen molar-refractivity contribution in [2.45, 2.75) is 32.9 Å². The smallest absolute Gasteiger partial charge is 0.319 e. The molecule has 1 fully saturated rings. The van der Waals surface area contributed by atoms with Gasteiger partial charge in [-0.1, -0.05) is 0 Å². The third-order valence-corrected chi connectivity index (χ3v) is 3.04. The second kappa shape index (κ2) is 4.15. The Morgan fingerprint density at radius 3 is 2.82 bits per heavy atom. The lowest BCUT2D eigenvalue weighted by molar-refractivity contribution is -0.149. The van der Waals surface area contributed by atoms with Crippen LogP contribution in [0.5, 0.6) is 0 Å². The number of hydrogen-bond acceptors (Lipinski definition) is 4. The van der Waals surface area contributed by atoms with Gasteiger partial charge < -0.3 is 15.0 Å². The predicted octanol–water partition coefficient (Wildman–Crippen LogP) is -0.221. The van der Waals surface area contributed by atoms with E-state index in [4.69, 9.17) is 5.11 Å². The second-order valence-electron chi connectivity index (χ2n) is 4.10. The number of nitrogens with zero attached hydrogens (tertiary/aromatic N) is 3. The average Bonchev–Trinajstić information content (AvgIpc) is 3.00. The monoisotopic (exact) mass is 238 g/mol. The molecule has 1 aliphatic rings. The minimum absolute atomic E-state index is 0.210. The van der Waals surface area contributed by atoms with E-state index >= 15 is 0 Å². The van der Waals surface area contributed by atoms with E-state index in [1.165, 1.54) is 0 Å². The van der Waals surface area contributed by atoms with Crippen LogP contribution in [-0.4, -0.2) is 31.7 Å². The van der Waals surface area contributed by atoms with Crippen LogP contribution in [0.2, 0.25) is 0 Å². The van der Waals surface area contributed by atoms with E-state index in [2.05, 4.69) is 15.5 Å². The molecule has 0 unspecified atom stereocenters. The first-order valence-corrected chi connectivity index (χ1v) is 5.48. The fourth-order valence-corrected chi connectivity index (χ4v) is 1.67. The number of amides is 1. The van der Waals surface area contributed by atoms with Crippen molar-refractivity contribution in [2.24, 2.45) is 5.41 Å². The van der Waals surface area contributed by atoms with Crippen LogP contribution in [0.15, 0.2) is 6.33 Å². The van der Waals surface area contributed by atoms with Crippen molar-refractivity contribution >= 4 is 11.9 Å². The van der Waals surface area contributed by atoms with Gasteiger partial charge in [0.15, 0.2) is 5.82 Å². The normalized spacial score (nSPS) is 16.5. The zero-order valence-corrected chi connectivity index (χ0v) is 9.51. The van der Waals surface area contributed by atoms with Crippen LogP contribution in [0.4, 0.5) is 0 Å². The number of carboxylic acids is 1. The van der Waals surface area contributed by atoms with Gasteiger partial charge in [0, 0.05) is 6.54 Å². The molecule has 1 saturated carbocycles. The minimum Gasteiger partial charge on any atom is -0.480 e. The first-order chi connectivity index (χ1) is 8.10. The Balaban J connectivity index is 1.95. The van der Waals surface area contributed by atoms with Gasteiger partial charge in [-0.2, -0.15) is 0 Å². The Morgan fingerprint density at radius 2 is 2.29 bits per heavy atom. The fraction of sp³-hybridized carbons (Fsp3) is 0.600. The standard InChI is InChI=1S/C10H14N4O3/c1-2-14-6-12-13-7(14)5-11-8(15)10(3-4-10)9(16)17/h6H,2-5H2,1H3,(H,11,15)(H,16,17). The Labute approximate surface area is 97.8 Å². The number of carbonyl (C=O) groups is 2. The summed E-state index contributed by atoms with van der Waals surface area (Å²) in [4.78, 5) is 22.6. The van der Waals surface area contributed by atoms with Crippen molar-refractivity contribution in [2.75, 3.05) is 0 Å². The Morgan fingerprint density at radius 1 is 1.59 bits per heavy atom. The summed E-state index contributed by atoms with van der Waals surface area (Å²) in [7, 11) is 0. The van der Waals surface area contributed by atoms with Crippen molar-refractivity contribution in [1.82, 2.24) is 20.1 Å². The van der Waals surface area contributed by atoms with Gasteiger partial charge in [0.1, 0.15) is 11.7 Å². The van der Waals surface area contributed by atoms with Crippen LogP contribution < -0.4 is 5.32 Å². The zero-order valence-electron chi connectivity index (χ0n) is 9.51. The van der Waals surface area contributed by atoms with Gasteiger partial charge in [0.25, 0.3) is 0 Å². The number of rotatable bonds is 5. The highest BCUT2D eigenvalue weighted by molar-refractivity contribution is 6.04. The topological polar surface area (TPSA) is 97.1 Å². The highest BCUT2D eigenvalue weighted by Crippen LogP contribution is 2.46. The molecular formula is C10H14N4O3. The number of nitrogens with one attached hydrogen (secondary N) is 1. The molecule has 7 heteroatoms. The Bertz CT molecular complexity index is 450. The predicted molar refractivity (Wildman–Crippen MR) is 56.8 cm³/mol. The second-order valence-corrected chi connectivity index (χ2v) is 4.10. The van der Waals surface area contributed by atoms with Crippen molar-refractivity contribution in [3.8, 4) is 0 Å². The maximum absolute atomic E-state index is 11.7. The first-order valence-electron chi connectivity index (χ1n) is 5.48. The highest BCUT2D eigenvalue weighted by atomic mass is 16.4. The van der Waals surface area contributed by atoms with Gasteiger partial charge in [-0.15, -0.1) is 10.2 Å². The molecule has 0 saturated heterocycles. The maximum atomic E-state index is 11.7. The zero-order chi connectivity index (χ0) is 12.5. The van der Waals surface area contributed by atoms with Crippen LogP contribution in [0.3, 0.4) is 0 Å². The molecule has 92 valence electrons. The number of aliphatic carboxylic acids is 1. The Hall–Kier alpha value is -1.92. The summed E-state index contributed by atoms with van der Waals surface area (Å²) in [6.45, 7) is 2.86. The third-order valence-electron chi connectivity index (χ3n) is 3.04. The van der Waals surface area contributed by atoms with Gasteiger partial charge >= 0.3 is 5.97 Å². The Kier molecular flexibility index (Phi) is 2.83. The van der Waals surface area contributed by atoms with E-state index in [-0.39, 0.29) is 6.54 Å². The summed E-state index contributed by atoms with van der Waals surface area (Å²) in [5.41, 5.74) is -1.20. The number of aryl methyl sites for hydroxylation is 1. The quantitative estimate of drug-likeness (QED) is 0.691. The first kappa shape index (κ1) is 11.6. The lowest BCUT2D eigenvalue weighted by Gasteiger charge is -2.10. The molecule has 0 radical (unpaired) electrons. The van der Waals surface area contributed by atoms with E-state index in [9.17, 15) is 9.59 Å². The molecule has 0 bridgehead atoms. The summed E-state index contributed by atoms with van der Waals surface area (Å²) in [5, 5.41) is 19.1. The summed E-state index contributed by atoms with van der Waals surface area (Å²) < 4.78 is 1.79. The molecule has 2 N–H and O–H groups in total.